The van der Waals surface area contributed by atoms with Crippen LogP contribution in [-0.4, -0.2) is 18.7 Å². The largest absolute Gasteiger partial charge is 0.482 e. The molecule has 0 aliphatic heterocycles. The molecule has 0 radical (unpaired) electrons. The number of hydrogen-bond acceptors (Lipinski definition) is 4. The van der Waals surface area contributed by atoms with Gasteiger partial charge in [0.05, 0.1) is 11.6 Å². The summed E-state index contributed by atoms with van der Waals surface area (Å²) in [5, 5.41) is 8.67. The van der Waals surface area contributed by atoms with Crippen molar-refractivity contribution in [3.63, 3.8) is 0 Å². The van der Waals surface area contributed by atoms with Crippen LogP contribution in [0.1, 0.15) is 26.3 Å². The van der Waals surface area contributed by atoms with E-state index in [9.17, 15) is 14.0 Å². The molecule has 0 aliphatic rings. The number of hydrogen-bond donors (Lipinski definition) is 0. The molecule has 0 heterocycles. The van der Waals surface area contributed by atoms with Crippen LogP contribution in [-0.2, 0) is 0 Å². The van der Waals surface area contributed by atoms with E-state index in [2.05, 4.69) is 0 Å². The molecule has 2 rings (SSSR count). The molecule has 5 heteroatoms. The Balaban J connectivity index is 2.03. The van der Waals surface area contributed by atoms with E-state index in [0.29, 0.717) is 17.4 Å². The predicted molar refractivity (Wildman–Crippen MR) is 72.8 cm³/mol. The minimum absolute atomic E-state index is 0.0948. The van der Waals surface area contributed by atoms with E-state index in [0.717, 1.165) is 6.07 Å². The van der Waals surface area contributed by atoms with Crippen molar-refractivity contribution in [3.8, 4) is 11.8 Å². The SMILES string of the molecule is N#Cc1ccc(C(=O)COc2ccc(C=O)cc2F)cc1. The lowest BCUT2D eigenvalue weighted by Crippen LogP contribution is -2.12. The van der Waals surface area contributed by atoms with Crippen molar-refractivity contribution in [2.24, 2.45) is 0 Å². The summed E-state index contributed by atoms with van der Waals surface area (Å²) >= 11 is 0. The van der Waals surface area contributed by atoms with E-state index >= 15 is 0 Å². The number of nitriles is 1. The van der Waals surface area contributed by atoms with Crippen LogP contribution in [0.25, 0.3) is 0 Å². The Labute approximate surface area is 120 Å². The van der Waals surface area contributed by atoms with Crippen LogP contribution in [0.4, 0.5) is 4.39 Å². The van der Waals surface area contributed by atoms with Crippen LogP contribution >= 0.6 is 0 Å². The molecule has 0 saturated heterocycles. The van der Waals surface area contributed by atoms with Gasteiger partial charge in [-0.2, -0.15) is 5.26 Å². The van der Waals surface area contributed by atoms with Crippen LogP contribution in [0, 0.1) is 17.1 Å². The third kappa shape index (κ3) is 3.51. The molecule has 0 aliphatic carbocycles. The molecule has 0 saturated carbocycles. The molecule has 0 bridgehead atoms. The number of carbonyl (C=O) groups is 2. The molecule has 0 amide bonds. The van der Waals surface area contributed by atoms with Gasteiger partial charge in [-0.3, -0.25) is 9.59 Å². The van der Waals surface area contributed by atoms with Crippen molar-refractivity contribution < 1.29 is 18.7 Å². The number of ketones is 1. The van der Waals surface area contributed by atoms with E-state index < -0.39 is 5.82 Å². The molecular weight excluding hydrogens is 273 g/mol. The summed E-state index contributed by atoms with van der Waals surface area (Å²) in [6, 6.07) is 11.7. The molecule has 0 N–H and O–H groups in total. The monoisotopic (exact) mass is 283 g/mol. The van der Waals surface area contributed by atoms with Crippen molar-refractivity contribution in [2.75, 3.05) is 6.61 Å². The van der Waals surface area contributed by atoms with Gasteiger partial charge in [0.25, 0.3) is 0 Å². The lowest BCUT2D eigenvalue weighted by Gasteiger charge is -2.07. The van der Waals surface area contributed by atoms with Crippen LogP contribution in [0.3, 0.4) is 0 Å². The maximum atomic E-state index is 13.6. The first kappa shape index (κ1) is 14.4. The van der Waals surface area contributed by atoms with Gasteiger partial charge >= 0.3 is 0 Å². The minimum atomic E-state index is -0.702. The van der Waals surface area contributed by atoms with Crippen molar-refractivity contribution in [1.82, 2.24) is 0 Å². The van der Waals surface area contributed by atoms with E-state index in [-0.39, 0.29) is 23.7 Å². The molecule has 0 fully saturated rings. The fourth-order valence-corrected chi connectivity index (χ4v) is 1.66. The number of Topliss-reactive ketones (excluding diaryl/α,β-unsaturated/α-hetero) is 1. The molecule has 0 atom stereocenters. The topological polar surface area (TPSA) is 67.2 Å². The van der Waals surface area contributed by atoms with Crippen LogP contribution < -0.4 is 4.74 Å². The highest BCUT2D eigenvalue weighted by Gasteiger charge is 2.10. The summed E-state index contributed by atoms with van der Waals surface area (Å²) in [7, 11) is 0. The van der Waals surface area contributed by atoms with E-state index in [1.54, 1.807) is 0 Å². The highest BCUT2D eigenvalue weighted by molar-refractivity contribution is 5.97. The standard InChI is InChI=1S/C16H10FNO3/c17-14-7-12(9-19)3-6-16(14)21-10-15(20)13-4-1-11(8-18)2-5-13/h1-7,9H,10H2. The van der Waals surface area contributed by atoms with Crippen LogP contribution in [0.2, 0.25) is 0 Å². The number of aldehydes is 1. The molecule has 2 aromatic carbocycles. The Kier molecular flexibility index (Phi) is 4.42. The molecule has 2 aromatic rings. The van der Waals surface area contributed by atoms with Gasteiger partial charge in [-0.1, -0.05) is 0 Å². The maximum Gasteiger partial charge on any atom is 0.200 e. The average molecular weight is 283 g/mol. The van der Waals surface area contributed by atoms with Gasteiger partial charge in [0.15, 0.2) is 24.0 Å². The molecule has 0 spiro atoms. The Hall–Kier alpha value is -3.00. The number of benzene rings is 2. The maximum absolute atomic E-state index is 13.6. The minimum Gasteiger partial charge on any atom is -0.482 e. The first-order valence-corrected chi connectivity index (χ1v) is 6.05. The van der Waals surface area contributed by atoms with Gasteiger partial charge in [-0.05, 0) is 42.5 Å². The fourth-order valence-electron chi connectivity index (χ4n) is 1.66. The summed E-state index contributed by atoms with van der Waals surface area (Å²) in [6.45, 7) is -0.330. The zero-order chi connectivity index (χ0) is 15.2. The third-order valence-electron chi connectivity index (χ3n) is 2.79. The number of ether oxygens (including phenoxy) is 1. The zero-order valence-electron chi connectivity index (χ0n) is 10.9. The van der Waals surface area contributed by atoms with Gasteiger partial charge in [-0.25, -0.2) is 4.39 Å². The van der Waals surface area contributed by atoms with Crippen molar-refractivity contribution >= 4 is 12.1 Å². The Morgan fingerprint density at radius 3 is 2.52 bits per heavy atom. The van der Waals surface area contributed by atoms with Crippen molar-refractivity contribution in [3.05, 3.63) is 65.0 Å². The van der Waals surface area contributed by atoms with E-state index in [1.807, 2.05) is 6.07 Å². The second-order valence-corrected chi connectivity index (χ2v) is 4.21. The third-order valence-corrected chi connectivity index (χ3v) is 2.79. The lowest BCUT2D eigenvalue weighted by molar-refractivity contribution is 0.0918. The van der Waals surface area contributed by atoms with Gasteiger partial charge < -0.3 is 4.74 Å². The fraction of sp³-hybridized carbons (Fsp3) is 0.0625. The van der Waals surface area contributed by atoms with Crippen LogP contribution in [0.15, 0.2) is 42.5 Å². The molecule has 21 heavy (non-hydrogen) atoms. The quantitative estimate of drug-likeness (QED) is 0.625. The molecule has 4 nitrogen and oxygen atoms in total. The second kappa shape index (κ2) is 6.44. The first-order chi connectivity index (χ1) is 10.1. The number of nitrogens with zero attached hydrogens (tertiary/aromatic N) is 1. The summed E-state index contributed by atoms with van der Waals surface area (Å²) < 4.78 is 18.7. The van der Waals surface area contributed by atoms with Crippen molar-refractivity contribution in [1.29, 1.82) is 5.26 Å². The van der Waals surface area contributed by atoms with E-state index in [1.165, 1.54) is 36.4 Å². The predicted octanol–water partition coefficient (Wildman–Crippen LogP) is 2.77. The number of rotatable bonds is 5. The summed E-state index contributed by atoms with van der Waals surface area (Å²) in [5.41, 5.74) is 1.01. The first-order valence-electron chi connectivity index (χ1n) is 6.05. The Bertz CT molecular complexity index is 717. The molecular formula is C16H10FNO3. The van der Waals surface area contributed by atoms with Gasteiger partial charge in [-0.15, -0.1) is 0 Å². The van der Waals surface area contributed by atoms with Crippen molar-refractivity contribution in [2.45, 2.75) is 0 Å². The number of halogens is 1. The molecule has 0 unspecified atom stereocenters. The molecule has 0 aromatic heterocycles. The normalized spacial score (nSPS) is 9.71. The number of carbonyl (C=O) groups excluding carboxylic acids is 2. The highest BCUT2D eigenvalue weighted by atomic mass is 19.1. The summed E-state index contributed by atoms with van der Waals surface area (Å²) in [6.07, 6.45) is 0.523. The second-order valence-electron chi connectivity index (χ2n) is 4.21. The molecule has 104 valence electrons. The van der Waals surface area contributed by atoms with Gasteiger partial charge in [0.2, 0.25) is 0 Å². The van der Waals surface area contributed by atoms with E-state index in [4.69, 9.17) is 10.00 Å². The Morgan fingerprint density at radius 1 is 1.24 bits per heavy atom. The van der Waals surface area contributed by atoms with Gasteiger partial charge in [0, 0.05) is 11.1 Å². The summed E-state index contributed by atoms with van der Waals surface area (Å²) in [5.74, 6) is -1.13. The lowest BCUT2D eigenvalue weighted by atomic mass is 10.1. The smallest absolute Gasteiger partial charge is 0.200 e. The summed E-state index contributed by atoms with van der Waals surface area (Å²) in [4.78, 5) is 22.4. The Morgan fingerprint density at radius 2 is 1.95 bits per heavy atom. The zero-order valence-corrected chi connectivity index (χ0v) is 10.9. The average Bonchev–Trinajstić information content (AvgIpc) is 2.53. The van der Waals surface area contributed by atoms with Gasteiger partial charge in [0.1, 0.15) is 6.29 Å². The van der Waals surface area contributed by atoms with Crippen LogP contribution in [0.5, 0.6) is 5.75 Å². The highest BCUT2D eigenvalue weighted by Crippen LogP contribution is 2.18.